The molecule has 4 heterocycles. The molecule has 0 spiro atoms. The lowest BCUT2D eigenvalue weighted by Gasteiger charge is -2.32. The first-order chi connectivity index (χ1) is 34.3. The standard InChI is InChI=1S/C44H65N11O14S3/c1-4-21(2)36-41(65)48-16-34(60)49-30-20-72(68)43-26(25-7-6-24(13-27(25)52-43)69-9-5-10-70-71-11-8-45)14-28(38(62)47-17-35(61)53-36)50-42(66)37(22(3)32(58)19-56)54-40(64)31-12-23(57)18-55(31)44(67)29(15-33(46)59)51-39(30)63/h6-7,13,21-23,28-32,36-37,52,56-58H,4-5,8-12,14-20,45H2,1-3H3,(H2,46,59)(H,47,62)(H,48,65)(H,49,60)(H,50,66)(H,51,63)(H,53,61)(H,54,64)/t21-,22-,23?,28?,29-,30?,31-,32-,36-,37-,72+/m0/s1. The van der Waals surface area contributed by atoms with Crippen LogP contribution < -0.4 is 53.4 Å². The molecule has 3 unspecified atom stereocenters. The van der Waals surface area contributed by atoms with E-state index >= 15 is 0 Å². The summed E-state index contributed by atoms with van der Waals surface area (Å²) in [6, 6.07) is -5.07. The van der Waals surface area contributed by atoms with Gasteiger partial charge in [-0.1, -0.05) is 48.8 Å². The minimum atomic E-state index is -2.37. The monoisotopic (exact) mass is 1070 g/mol. The van der Waals surface area contributed by atoms with Gasteiger partial charge in [0, 0.05) is 54.8 Å². The predicted molar refractivity (Wildman–Crippen MR) is 265 cm³/mol. The van der Waals surface area contributed by atoms with Gasteiger partial charge in [0.05, 0.1) is 67.0 Å². The second kappa shape index (κ2) is 27.0. The van der Waals surface area contributed by atoms with Crippen LogP contribution in [0.3, 0.4) is 0 Å². The van der Waals surface area contributed by atoms with Crippen LogP contribution in [0, 0.1) is 11.8 Å². The summed E-state index contributed by atoms with van der Waals surface area (Å²) in [6.45, 7) is 2.70. The summed E-state index contributed by atoms with van der Waals surface area (Å²) >= 11 is 0. The Morgan fingerprint density at radius 3 is 2.26 bits per heavy atom. The fourth-order valence-electron chi connectivity index (χ4n) is 8.26. The van der Waals surface area contributed by atoms with E-state index in [9.17, 15) is 62.7 Å². The van der Waals surface area contributed by atoms with Crippen LogP contribution >= 0.6 is 21.6 Å². The number of nitrogens with one attached hydrogen (secondary N) is 8. The third kappa shape index (κ3) is 15.3. The van der Waals surface area contributed by atoms with Gasteiger partial charge in [0.1, 0.15) is 47.0 Å². The molecule has 9 amide bonds. The highest BCUT2D eigenvalue weighted by Crippen LogP contribution is 2.31. The van der Waals surface area contributed by atoms with E-state index in [-0.39, 0.29) is 10.6 Å². The fourth-order valence-corrected chi connectivity index (χ4v) is 11.6. The number of fused-ring (bicyclic) bond motifs is 5. The largest absolute Gasteiger partial charge is 0.493 e. The van der Waals surface area contributed by atoms with E-state index in [4.69, 9.17) is 16.2 Å². The van der Waals surface area contributed by atoms with Gasteiger partial charge in [-0.15, -0.1) is 0 Å². The van der Waals surface area contributed by atoms with Gasteiger partial charge < -0.3 is 78.6 Å². The molecule has 5 rings (SSSR count). The Hall–Kier alpha value is -5.52. The molecule has 2 bridgehead atoms. The number of carbonyl (C=O) groups is 9. The van der Waals surface area contributed by atoms with Gasteiger partial charge in [0.25, 0.3) is 0 Å². The van der Waals surface area contributed by atoms with Crippen LogP contribution in [0.5, 0.6) is 5.75 Å². The highest BCUT2D eigenvalue weighted by molar-refractivity contribution is 8.76. The Balaban J connectivity index is 1.71. The highest BCUT2D eigenvalue weighted by atomic mass is 33.1. The van der Waals surface area contributed by atoms with E-state index in [1.165, 1.54) is 6.92 Å². The number of rotatable bonds is 15. The van der Waals surface area contributed by atoms with Crippen molar-refractivity contribution in [3.05, 3.63) is 23.8 Å². The van der Waals surface area contributed by atoms with Crippen molar-refractivity contribution in [1.29, 1.82) is 0 Å². The second-order valence-electron chi connectivity index (χ2n) is 17.8. The molecule has 0 saturated carbocycles. The van der Waals surface area contributed by atoms with Crippen molar-refractivity contribution in [3.8, 4) is 5.75 Å². The molecule has 15 N–H and O–H groups in total. The topological polar surface area (TPSA) is 396 Å². The zero-order chi connectivity index (χ0) is 52.8. The van der Waals surface area contributed by atoms with Gasteiger partial charge in [-0.3, -0.25) is 47.4 Å². The van der Waals surface area contributed by atoms with Crippen LogP contribution in [0.1, 0.15) is 52.0 Å². The molecule has 3 aliphatic rings. The average Bonchev–Trinajstić information content (AvgIpc) is 3.92. The number of ether oxygens (including phenoxy) is 1. The molecule has 1 fully saturated rings. The number of aliphatic hydroxyl groups is 3. The maximum Gasteiger partial charge on any atom is 0.246 e. The highest BCUT2D eigenvalue weighted by Gasteiger charge is 2.45. The normalized spacial score (nSPS) is 26.6. The first-order valence-electron chi connectivity index (χ1n) is 23.5. The summed E-state index contributed by atoms with van der Waals surface area (Å²) in [6.07, 6.45) is -3.69. The van der Waals surface area contributed by atoms with Crippen molar-refractivity contribution < 1.29 is 67.4 Å². The Morgan fingerprint density at radius 1 is 0.889 bits per heavy atom. The first kappa shape index (κ1) is 57.4. The van der Waals surface area contributed by atoms with E-state index < -0.39 is 176 Å². The van der Waals surface area contributed by atoms with Crippen molar-refractivity contribution in [2.45, 2.75) is 106 Å². The summed E-state index contributed by atoms with van der Waals surface area (Å²) in [5, 5.41) is 49.2. The van der Waals surface area contributed by atoms with Crippen LogP contribution in [0.4, 0.5) is 0 Å². The Morgan fingerprint density at radius 2 is 1.58 bits per heavy atom. The number of aliphatic hydroxyl groups excluding tert-OH is 3. The molecular formula is C44H65N11O14S3. The number of aromatic nitrogens is 1. The number of primary amides is 1. The van der Waals surface area contributed by atoms with Crippen molar-refractivity contribution in [3.63, 3.8) is 0 Å². The Labute approximate surface area is 425 Å². The van der Waals surface area contributed by atoms with Gasteiger partial charge >= 0.3 is 0 Å². The molecule has 28 heteroatoms. The van der Waals surface area contributed by atoms with Gasteiger partial charge in [-0.25, -0.2) is 0 Å². The second-order valence-corrected chi connectivity index (χ2v) is 21.9. The van der Waals surface area contributed by atoms with E-state index in [1.807, 2.05) is 0 Å². The maximum atomic E-state index is 14.9. The smallest absolute Gasteiger partial charge is 0.246 e. The van der Waals surface area contributed by atoms with Crippen LogP contribution in [0.15, 0.2) is 23.2 Å². The molecule has 3 aliphatic heterocycles. The van der Waals surface area contributed by atoms with Gasteiger partial charge in [-0.2, -0.15) is 0 Å². The van der Waals surface area contributed by atoms with Gasteiger partial charge in [-0.05, 0) is 30.0 Å². The third-order valence-corrected chi connectivity index (χ3v) is 16.4. The van der Waals surface area contributed by atoms with Crippen molar-refractivity contribution in [1.82, 2.24) is 47.1 Å². The predicted octanol–water partition coefficient (Wildman–Crippen LogP) is -4.52. The van der Waals surface area contributed by atoms with E-state index in [0.717, 1.165) is 16.4 Å². The average molecular weight is 1070 g/mol. The van der Waals surface area contributed by atoms with Crippen LogP contribution in [0.25, 0.3) is 10.9 Å². The minimum Gasteiger partial charge on any atom is -0.493 e. The molecular weight excluding hydrogens is 1000 g/mol. The molecule has 1 saturated heterocycles. The van der Waals surface area contributed by atoms with Crippen molar-refractivity contribution in [2.75, 3.05) is 56.7 Å². The lowest BCUT2D eigenvalue weighted by molar-refractivity contribution is -0.144. The van der Waals surface area contributed by atoms with E-state index in [0.29, 0.717) is 42.6 Å². The van der Waals surface area contributed by atoms with Gasteiger partial charge in [0.15, 0.2) is 0 Å². The Kier molecular flexibility index (Phi) is 21.5. The Bertz CT molecular complexity index is 2360. The number of hydrogen-bond donors (Lipinski definition) is 13. The summed E-state index contributed by atoms with van der Waals surface area (Å²) in [5.74, 6) is -9.68. The number of aromatic amines is 1. The summed E-state index contributed by atoms with van der Waals surface area (Å²) in [5.41, 5.74) is 11.6. The molecule has 398 valence electrons. The number of amides is 9. The summed E-state index contributed by atoms with van der Waals surface area (Å²) in [4.78, 5) is 129. The molecule has 25 nitrogen and oxygen atoms in total. The zero-order valence-electron chi connectivity index (χ0n) is 40.1. The van der Waals surface area contributed by atoms with E-state index in [1.54, 1.807) is 53.6 Å². The molecule has 11 atom stereocenters. The van der Waals surface area contributed by atoms with Crippen molar-refractivity contribution >= 4 is 96.5 Å². The van der Waals surface area contributed by atoms with Gasteiger partial charge in [0.2, 0.25) is 53.2 Å². The molecule has 0 aliphatic carbocycles. The number of nitrogens with zero attached hydrogens (tertiary/aromatic N) is 1. The summed E-state index contributed by atoms with van der Waals surface area (Å²) < 4.78 is 20.9. The third-order valence-electron chi connectivity index (χ3n) is 12.4. The zero-order valence-corrected chi connectivity index (χ0v) is 42.5. The molecule has 1 aromatic carbocycles. The number of H-pyrrole nitrogens is 1. The number of carbonyl (C=O) groups excluding carboxylic acids is 9. The SMILES string of the molecule is CC[C@H](C)[C@@H]1NC(=O)CNC(=O)C2Cc3c([nH]c4cc(OCCCSSCCN)ccc34)[S@](=O)CC(NC(=O)CNC1=O)C(=O)N[C@@H](CC(N)=O)C(=O)N1CC(O)C[C@H]1C(=O)N[C@@H]([C@@H](C)[C@@H](O)CO)C(=O)N2. The number of nitrogens with two attached hydrogens (primary N) is 2. The first-order valence-corrected chi connectivity index (χ1v) is 27.3. The number of hydrogen-bond acceptors (Lipinski definition) is 17. The minimum absolute atomic E-state index is 0.105. The van der Waals surface area contributed by atoms with Crippen molar-refractivity contribution in [2.24, 2.45) is 23.3 Å². The van der Waals surface area contributed by atoms with Crippen LogP contribution in [-0.2, 0) is 60.4 Å². The molecule has 72 heavy (non-hydrogen) atoms. The molecule has 2 aromatic rings. The quantitative estimate of drug-likeness (QED) is 0.0590. The summed E-state index contributed by atoms with van der Waals surface area (Å²) in [7, 11) is 0.922. The fraction of sp³-hybridized carbons (Fsp3) is 0.614. The van der Waals surface area contributed by atoms with Crippen LogP contribution in [0.2, 0.25) is 0 Å². The lowest BCUT2D eigenvalue weighted by atomic mass is 9.93. The number of benzene rings is 1. The lowest BCUT2D eigenvalue weighted by Crippen LogP contribution is -2.62. The maximum absolute atomic E-state index is 14.9. The van der Waals surface area contributed by atoms with Crippen LogP contribution in [-0.4, -0.2) is 188 Å². The molecule has 1 aromatic heterocycles. The molecule has 0 radical (unpaired) electrons. The van der Waals surface area contributed by atoms with E-state index in [2.05, 4.69) is 42.2 Å².